The van der Waals surface area contributed by atoms with Crippen molar-refractivity contribution < 1.29 is 9.59 Å². The normalized spacial score (nSPS) is 11.7. The number of hydrogen-bond donors (Lipinski definition) is 2. The van der Waals surface area contributed by atoms with E-state index in [0.717, 1.165) is 12.1 Å². The highest BCUT2D eigenvalue weighted by Crippen LogP contribution is 2.11. The number of nitrogens with one attached hydrogen (secondary N) is 2. The van der Waals surface area contributed by atoms with Crippen LogP contribution in [0.3, 0.4) is 0 Å². The lowest BCUT2D eigenvalue weighted by molar-refractivity contribution is -0.121. The van der Waals surface area contributed by atoms with Crippen molar-refractivity contribution in [3.63, 3.8) is 0 Å². The van der Waals surface area contributed by atoms with E-state index in [-0.39, 0.29) is 17.7 Å². The number of ketones is 1. The molecule has 0 saturated heterocycles. The van der Waals surface area contributed by atoms with Gasteiger partial charge in [0, 0.05) is 17.8 Å². The van der Waals surface area contributed by atoms with Gasteiger partial charge < -0.3 is 10.6 Å². The van der Waals surface area contributed by atoms with E-state index in [0.29, 0.717) is 12.1 Å². The van der Waals surface area contributed by atoms with Crippen molar-refractivity contribution in [1.82, 2.24) is 5.32 Å². The Morgan fingerprint density at radius 2 is 1.83 bits per heavy atom. The van der Waals surface area contributed by atoms with Crippen LogP contribution < -0.4 is 10.6 Å². The zero-order chi connectivity index (χ0) is 13.5. The average molecular weight is 248 g/mol. The summed E-state index contributed by atoms with van der Waals surface area (Å²) in [5.74, 6) is 0.0165. The number of carbonyl (C=O) groups excluding carboxylic acids is 2. The first-order chi connectivity index (χ1) is 8.54. The largest absolute Gasteiger partial charge is 0.374 e. The molecule has 18 heavy (non-hydrogen) atoms. The molecular formula is C14H20N2O2. The predicted molar refractivity (Wildman–Crippen MR) is 72.8 cm³/mol. The summed E-state index contributed by atoms with van der Waals surface area (Å²) in [5.41, 5.74) is 1.50. The van der Waals surface area contributed by atoms with Gasteiger partial charge in [-0.05, 0) is 44.5 Å². The number of carbonyl (C=O) groups is 2. The molecule has 0 aliphatic heterocycles. The first-order valence-corrected chi connectivity index (χ1v) is 6.19. The quantitative estimate of drug-likeness (QED) is 0.759. The Morgan fingerprint density at radius 1 is 1.22 bits per heavy atom. The highest BCUT2D eigenvalue weighted by atomic mass is 16.2. The van der Waals surface area contributed by atoms with Crippen LogP contribution in [0.2, 0.25) is 0 Å². The summed E-state index contributed by atoms with van der Waals surface area (Å²) in [6.07, 6.45) is 0.922. The van der Waals surface area contributed by atoms with E-state index in [1.165, 1.54) is 6.92 Å². The van der Waals surface area contributed by atoms with E-state index in [2.05, 4.69) is 10.6 Å². The van der Waals surface area contributed by atoms with E-state index >= 15 is 0 Å². The van der Waals surface area contributed by atoms with Gasteiger partial charge in [0.15, 0.2) is 5.78 Å². The maximum Gasteiger partial charge on any atom is 0.242 e. The second-order valence-corrected chi connectivity index (χ2v) is 4.29. The molecular weight excluding hydrogens is 228 g/mol. The zero-order valence-corrected chi connectivity index (χ0v) is 11.1. The van der Waals surface area contributed by atoms with Gasteiger partial charge in [0.05, 0.1) is 0 Å². The van der Waals surface area contributed by atoms with Crippen molar-refractivity contribution in [2.24, 2.45) is 0 Å². The Bertz CT molecular complexity index is 412. The Kier molecular flexibility index (Phi) is 5.36. The SMILES string of the molecule is CCCNC(=O)C(C)Nc1ccc(C(C)=O)cc1. The van der Waals surface area contributed by atoms with Crippen LogP contribution in [0.1, 0.15) is 37.6 Å². The third-order valence-corrected chi connectivity index (χ3v) is 2.62. The molecule has 98 valence electrons. The molecule has 1 rings (SSSR count). The second kappa shape index (κ2) is 6.79. The third kappa shape index (κ3) is 4.20. The standard InChI is InChI=1S/C14H20N2O2/c1-4-9-15-14(18)10(2)16-13-7-5-12(6-8-13)11(3)17/h5-8,10,16H,4,9H2,1-3H3,(H,15,18). The highest BCUT2D eigenvalue weighted by Gasteiger charge is 2.11. The lowest BCUT2D eigenvalue weighted by Gasteiger charge is -2.15. The summed E-state index contributed by atoms with van der Waals surface area (Å²) in [4.78, 5) is 22.8. The number of anilines is 1. The van der Waals surface area contributed by atoms with Gasteiger partial charge in [-0.25, -0.2) is 0 Å². The van der Waals surface area contributed by atoms with Crippen molar-refractivity contribution in [2.75, 3.05) is 11.9 Å². The molecule has 0 aliphatic carbocycles. The van der Waals surface area contributed by atoms with Gasteiger partial charge in [-0.2, -0.15) is 0 Å². The van der Waals surface area contributed by atoms with Gasteiger partial charge in [-0.3, -0.25) is 9.59 Å². The average Bonchev–Trinajstić information content (AvgIpc) is 2.36. The summed E-state index contributed by atoms with van der Waals surface area (Å²) >= 11 is 0. The van der Waals surface area contributed by atoms with Crippen LogP contribution >= 0.6 is 0 Å². The van der Waals surface area contributed by atoms with Crippen molar-refractivity contribution in [1.29, 1.82) is 0 Å². The first-order valence-electron chi connectivity index (χ1n) is 6.19. The van der Waals surface area contributed by atoms with Crippen molar-refractivity contribution in [3.05, 3.63) is 29.8 Å². The molecule has 0 heterocycles. The molecule has 0 aromatic heterocycles. The molecule has 4 nitrogen and oxygen atoms in total. The van der Waals surface area contributed by atoms with Gasteiger partial charge >= 0.3 is 0 Å². The summed E-state index contributed by atoms with van der Waals surface area (Å²) in [6, 6.07) is 6.82. The number of Topliss-reactive ketones (excluding diaryl/α,β-unsaturated/α-hetero) is 1. The molecule has 0 spiro atoms. The predicted octanol–water partition coefficient (Wildman–Crippen LogP) is 2.22. The molecule has 4 heteroatoms. The number of amides is 1. The first kappa shape index (κ1) is 14.2. The van der Waals surface area contributed by atoms with Gasteiger partial charge in [0.1, 0.15) is 6.04 Å². The van der Waals surface area contributed by atoms with Gasteiger partial charge in [-0.1, -0.05) is 6.92 Å². The van der Waals surface area contributed by atoms with Crippen LogP contribution in [-0.2, 0) is 4.79 Å². The monoisotopic (exact) mass is 248 g/mol. The molecule has 1 aromatic carbocycles. The van der Waals surface area contributed by atoms with E-state index in [1.807, 2.05) is 13.8 Å². The molecule has 0 fully saturated rings. The van der Waals surface area contributed by atoms with E-state index in [1.54, 1.807) is 24.3 Å². The molecule has 0 saturated carbocycles. The number of hydrogen-bond acceptors (Lipinski definition) is 3. The Morgan fingerprint density at radius 3 is 2.33 bits per heavy atom. The van der Waals surface area contributed by atoms with E-state index in [4.69, 9.17) is 0 Å². The highest BCUT2D eigenvalue weighted by molar-refractivity contribution is 5.94. The fraction of sp³-hybridized carbons (Fsp3) is 0.429. The fourth-order valence-corrected chi connectivity index (χ4v) is 1.52. The lowest BCUT2D eigenvalue weighted by Crippen LogP contribution is -2.37. The van der Waals surface area contributed by atoms with E-state index < -0.39 is 0 Å². The Hall–Kier alpha value is -1.84. The van der Waals surface area contributed by atoms with Gasteiger partial charge in [0.2, 0.25) is 5.91 Å². The molecule has 0 aliphatic rings. The van der Waals surface area contributed by atoms with Crippen molar-refractivity contribution in [3.8, 4) is 0 Å². The minimum absolute atomic E-state index is 0.0208. The number of rotatable bonds is 6. The molecule has 1 aromatic rings. The summed E-state index contributed by atoms with van der Waals surface area (Å²) < 4.78 is 0. The van der Waals surface area contributed by atoms with E-state index in [9.17, 15) is 9.59 Å². The van der Waals surface area contributed by atoms with Crippen LogP contribution in [0.4, 0.5) is 5.69 Å². The van der Waals surface area contributed by atoms with Crippen LogP contribution in [0, 0.1) is 0 Å². The molecule has 1 unspecified atom stereocenters. The molecule has 1 amide bonds. The van der Waals surface area contributed by atoms with Crippen molar-refractivity contribution in [2.45, 2.75) is 33.2 Å². The van der Waals surface area contributed by atoms with Crippen LogP contribution in [0.15, 0.2) is 24.3 Å². The van der Waals surface area contributed by atoms with Gasteiger partial charge in [-0.15, -0.1) is 0 Å². The third-order valence-electron chi connectivity index (χ3n) is 2.62. The van der Waals surface area contributed by atoms with Gasteiger partial charge in [0.25, 0.3) is 0 Å². The van der Waals surface area contributed by atoms with Crippen LogP contribution in [-0.4, -0.2) is 24.3 Å². The molecule has 0 bridgehead atoms. The van der Waals surface area contributed by atoms with Crippen LogP contribution in [0.5, 0.6) is 0 Å². The number of benzene rings is 1. The van der Waals surface area contributed by atoms with Crippen LogP contribution in [0.25, 0.3) is 0 Å². The smallest absolute Gasteiger partial charge is 0.242 e. The fourth-order valence-electron chi connectivity index (χ4n) is 1.52. The maximum absolute atomic E-state index is 11.7. The topological polar surface area (TPSA) is 58.2 Å². The summed E-state index contributed by atoms with van der Waals surface area (Å²) in [7, 11) is 0. The zero-order valence-electron chi connectivity index (χ0n) is 11.1. The summed E-state index contributed by atoms with van der Waals surface area (Å²) in [5, 5.41) is 5.92. The molecule has 0 radical (unpaired) electrons. The maximum atomic E-state index is 11.7. The summed E-state index contributed by atoms with van der Waals surface area (Å²) in [6.45, 7) is 6.04. The Balaban J connectivity index is 2.56. The second-order valence-electron chi connectivity index (χ2n) is 4.29. The minimum atomic E-state index is -0.292. The molecule has 1 atom stereocenters. The Labute approximate surface area is 108 Å². The minimum Gasteiger partial charge on any atom is -0.374 e. The molecule has 2 N–H and O–H groups in total. The lowest BCUT2D eigenvalue weighted by atomic mass is 10.1. The van der Waals surface area contributed by atoms with Crippen molar-refractivity contribution >= 4 is 17.4 Å².